The molecule has 1 N–H and O–H groups in total. The maximum absolute atomic E-state index is 12.3. The Morgan fingerprint density at radius 1 is 1.43 bits per heavy atom. The van der Waals surface area contributed by atoms with E-state index in [2.05, 4.69) is 0 Å². The Morgan fingerprint density at radius 3 is 2.71 bits per heavy atom. The molecule has 114 valence electrons. The number of furan rings is 1. The number of carbonyl (C=O) groups excluding carboxylic acids is 1. The molecule has 1 spiro atoms. The molecule has 1 amide bonds. The molecule has 1 aliphatic carbocycles. The van der Waals surface area contributed by atoms with Gasteiger partial charge < -0.3 is 19.2 Å². The van der Waals surface area contributed by atoms with Gasteiger partial charge in [0.2, 0.25) is 0 Å². The highest BCUT2D eigenvalue weighted by Gasteiger charge is 2.59. The summed E-state index contributed by atoms with van der Waals surface area (Å²) in [6.45, 7) is 1.54. The third kappa shape index (κ3) is 2.55. The van der Waals surface area contributed by atoms with Crippen molar-refractivity contribution in [2.45, 2.75) is 25.9 Å². The zero-order valence-electron chi connectivity index (χ0n) is 12.0. The SMILES string of the molecule is COCc1ccc(C(=O)N2CCC3(CC2)C[C@@H]3C(=O)O)o1. The van der Waals surface area contributed by atoms with E-state index < -0.39 is 5.97 Å². The first-order valence-electron chi connectivity index (χ1n) is 7.15. The van der Waals surface area contributed by atoms with Gasteiger partial charge in [0.15, 0.2) is 5.76 Å². The van der Waals surface area contributed by atoms with Gasteiger partial charge in [-0.25, -0.2) is 0 Å². The Morgan fingerprint density at radius 2 is 2.14 bits per heavy atom. The maximum atomic E-state index is 12.3. The van der Waals surface area contributed by atoms with E-state index in [1.54, 1.807) is 24.1 Å². The molecule has 0 unspecified atom stereocenters. The van der Waals surface area contributed by atoms with Crippen molar-refractivity contribution in [2.75, 3.05) is 20.2 Å². The van der Waals surface area contributed by atoms with Gasteiger partial charge in [-0.3, -0.25) is 9.59 Å². The Balaban J connectivity index is 1.59. The molecule has 21 heavy (non-hydrogen) atoms. The second-order valence-electron chi connectivity index (χ2n) is 5.95. The van der Waals surface area contributed by atoms with Gasteiger partial charge in [0.1, 0.15) is 12.4 Å². The molecule has 2 heterocycles. The van der Waals surface area contributed by atoms with Crippen LogP contribution in [-0.2, 0) is 16.1 Å². The van der Waals surface area contributed by atoms with Crippen molar-refractivity contribution >= 4 is 11.9 Å². The number of hydrogen-bond acceptors (Lipinski definition) is 4. The molecule has 1 aliphatic heterocycles. The standard InChI is InChI=1S/C15H19NO5/c1-20-9-10-2-3-12(21-10)13(17)16-6-4-15(5-7-16)8-11(15)14(18)19/h2-3,11H,4-9H2,1H3,(H,18,19)/t11-/m1/s1. The van der Waals surface area contributed by atoms with Gasteiger partial charge in [0.05, 0.1) is 5.92 Å². The molecule has 1 atom stereocenters. The lowest BCUT2D eigenvalue weighted by atomic mass is 9.90. The maximum Gasteiger partial charge on any atom is 0.307 e. The molecule has 0 bridgehead atoms. The van der Waals surface area contributed by atoms with Gasteiger partial charge in [-0.05, 0) is 36.8 Å². The summed E-state index contributed by atoms with van der Waals surface area (Å²) in [7, 11) is 1.57. The van der Waals surface area contributed by atoms with E-state index in [0.29, 0.717) is 31.2 Å². The molecule has 6 nitrogen and oxygen atoms in total. The summed E-state index contributed by atoms with van der Waals surface area (Å²) in [5.74, 6) is -0.0949. The fourth-order valence-corrected chi connectivity index (χ4v) is 3.27. The van der Waals surface area contributed by atoms with Crippen molar-refractivity contribution in [1.29, 1.82) is 0 Å². The van der Waals surface area contributed by atoms with Crippen LogP contribution in [0.15, 0.2) is 16.5 Å². The summed E-state index contributed by atoms with van der Waals surface area (Å²) < 4.78 is 10.4. The number of methoxy groups -OCH3 is 1. The van der Waals surface area contributed by atoms with Gasteiger partial charge in [0.25, 0.3) is 5.91 Å². The van der Waals surface area contributed by atoms with E-state index in [1.165, 1.54) is 0 Å². The summed E-state index contributed by atoms with van der Waals surface area (Å²) in [5.41, 5.74) is -0.0625. The molecule has 1 aromatic rings. The number of amides is 1. The van der Waals surface area contributed by atoms with Crippen molar-refractivity contribution in [3.63, 3.8) is 0 Å². The molecule has 3 rings (SSSR count). The Hall–Kier alpha value is -1.82. The second-order valence-corrected chi connectivity index (χ2v) is 5.95. The number of rotatable bonds is 4. The van der Waals surface area contributed by atoms with E-state index in [9.17, 15) is 9.59 Å². The number of nitrogens with zero attached hydrogens (tertiary/aromatic N) is 1. The van der Waals surface area contributed by atoms with Crippen LogP contribution in [0.1, 0.15) is 35.6 Å². The van der Waals surface area contributed by atoms with Crippen LogP contribution in [0.5, 0.6) is 0 Å². The molecule has 0 radical (unpaired) electrons. The molecule has 0 aromatic carbocycles. The molecule has 2 fully saturated rings. The summed E-state index contributed by atoms with van der Waals surface area (Å²) in [5, 5.41) is 9.07. The number of carboxylic acid groups (broad SMARTS) is 1. The van der Waals surface area contributed by atoms with Gasteiger partial charge in [-0.1, -0.05) is 0 Å². The quantitative estimate of drug-likeness (QED) is 0.915. The van der Waals surface area contributed by atoms with Crippen molar-refractivity contribution < 1.29 is 23.8 Å². The fraction of sp³-hybridized carbons (Fsp3) is 0.600. The minimum Gasteiger partial charge on any atom is -0.481 e. The number of aliphatic carboxylic acids is 1. The van der Waals surface area contributed by atoms with Crippen LogP contribution in [0.3, 0.4) is 0 Å². The average Bonchev–Trinajstić information content (AvgIpc) is 2.97. The molecule has 1 saturated heterocycles. The van der Waals surface area contributed by atoms with E-state index in [4.69, 9.17) is 14.3 Å². The van der Waals surface area contributed by atoms with Crippen molar-refractivity contribution in [2.24, 2.45) is 11.3 Å². The van der Waals surface area contributed by atoms with Gasteiger partial charge in [-0.2, -0.15) is 0 Å². The Labute approximate surface area is 122 Å². The molecular formula is C15H19NO5. The number of carboxylic acids is 1. The lowest BCUT2D eigenvalue weighted by Gasteiger charge is -2.32. The van der Waals surface area contributed by atoms with Gasteiger partial charge in [-0.15, -0.1) is 0 Å². The predicted molar refractivity (Wildman–Crippen MR) is 72.7 cm³/mol. The molecule has 6 heteroatoms. The Bertz CT molecular complexity index is 556. The van der Waals surface area contributed by atoms with Crippen LogP contribution in [0.4, 0.5) is 0 Å². The van der Waals surface area contributed by atoms with E-state index in [-0.39, 0.29) is 17.2 Å². The average molecular weight is 293 g/mol. The summed E-state index contributed by atoms with van der Waals surface area (Å²) in [6.07, 6.45) is 2.28. The van der Waals surface area contributed by atoms with Crippen LogP contribution in [0.25, 0.3) is 0 Å². The van der Waals surface area contributed by atoms with E-state index in [1.807, 2.05) is 0 Å². The largest absolute Gasteiger partial charge is 0.481 e. The normalized spacial score (nSPS) is 23.3. The smallest absolute Gasteiger partial charge is 0.307 e. The number of likely N-dealkylation sites (tertiary alicyclic amines) is 1. The zero-order chi connectivity index (χ0) is 15.0. The van der Waals surface area contributed by atoms with E-state index >= 15 is 0 Å². The lowest BCUT2D eigenvalue weighted by molar-refractivity contribution is -0.139. The van der Waals surface area contributed by atoms with Crippen LogP contribution in [-0.4, -0.2) is 42.1 Å². The topological polar surface area (TPSA) is 80.0 Å². The third-order valence-electron chi connectivity index (χ3n) is 4.69. The molecule has 2 aliphatic rings. The van der Waals surface area contributed by atoms with E-state index in [0.717, 1.165) is 19.3 Å². The van der Waals surface area contributed by atoms with Gasteiger partial charge >= 0.3 is 5.97 Å². The first kappa shape index (κ1) is 14.1. The number of carbonyl (C=O) groups is 2. The lowest BCUT2D eigenvalue weighted by Crippen LogP contribution is -2.39. The van der Waals surface area contributed by atoms with Gasteiger partial charge in [0, 0.05) is 20.2 Å². The fourth-order valence-electron chi connectivity index (χ4n) is 3.27. The Kier molecular flexibility index (Phi) is 3.49. The highest BCUT2D eigenvalue weighted by atomic mass is 16.5. The summed E-state index contributed by atoms with van der Waals surface area (Å²) >= 11 is 0. The summed E-state index contributed by atoms with van der Waals surface area (Å²) in [4.78, 5) is 25.1. The van der Waals surface area contributed by atoms with Crippen molar-refractivity contribution in [3.05, 3.63) is 23.7 Å². The van der Waals surface area contributed by atoms with Crippen LogP contribution in [0, 0.1) is 11.3 Å². The third-order valence-corrected chi connectivity index (χ3v) is 4.69. The zero-order valence-corrected chi connectivity index (χ0v) is 12.0. The van der Waals surface area contributed by atoms with Crippen molar-refractivity contribution in [1.82, 2.24) is 4.90 Å². The second kappa shape index (κ2) is 5.18. The molecular weight excluding hydrogens is 274 g/mol. The minimum atomic E-state index is -0.704. The van der Waals surface area contributed by atoms with Crippen LogP contribution < -0.4 is 0 Å². The highest BCUT2D eigenvalue weighted by molar-refractivity contribution is 5.91. The molecule has 1 saturated carbocycles. The predicted octanol–water partition coefficient (Wildman–Crippen LogP) is 1.75. The summed E-state index contributed by atoms with van der Waals surface area (Å²) in [6, 6.07) is 3.40. The van der Waals surface area contributed by atoms with Crippen LogP contribution in [0.2, 0.25) is 0 Å². The van der Waals surface area contributed by atoms with Crippen molar-refractivity contribution in [3.8, 4) is 0 Å². The first-order chi connectivity index (χ1) is 10.1. The number of hydrogen-bond donors (Lipinski definition) is 1. The molecule has 1 aromatic heterocycles. The number of ether oxygens (including phenoxy) is 1. The van der Waals surface area contributed by atoms with Crippen LogP contribution >= 0.6 is 0 Å². The highest BCUT2D eigenvalue weighted by Crippen LogP contribution is 2.59. The monoisotopic (exact) mass is 293 g/mol. The first-order valence-corrected chi connectivity index (χ1v) is 7.15. The number of piperidine rings is 1. The minimum absolute atomic E-state index is 0.0625.